The van der Waals surface area contributed by atoms with Crippen molar-refractivity contribution in [2.24, 2.45) is 0 Å². The van der Waals surface area contributed by atoms with Crippen molar-refractivity contribution in [1.29, 1.82) is 0 Å². The Morgan fingerprint density at radius 2 is 2.13 bits per heavy atom. The summed E-state index contributed by atoms with van der Waals surface area (Å²) in [5.41, 5.74) is 3.27. The Balaban J connectivity index is 1.57. The molecule has 5 nitrogen and oxygen atoms in total. The van der Waals surface area contributed by atoms with Crippen LogP contribution in [0, 0.1) is 6.92 Å². The number of rotatable bonds is 3. The van der Waals surface area contributed by atoms with Crippen LogP contribution in [-0.4, -0.2) is 34.5 Å². The lowest BCUT2D eigenvalue weighted by Crippen LogP contribution is -2.36. The van der Waals surface area contributed by atoms with E-state index in [1.807, 2.05) is 11.3 Å². The molecule has 0 atom stereocenters. The third kappa shape index (κ3) is 2.93. The van der Waals surface area contributed by atoms with Crippen molar-refractivity contribution in [2.45, 2.75) is 39.3 Å². The van der Waals surface area contributed by atoms with E-state index in [1.54, 1.807) is 0 Å². The van der Waals surface area contributed by atoms with E-state index in [0.717, 1.165) is 56.4 Å². The lowest BCUT2D eigenvalue weighted by atomic mass is 10.1. The molecule has 1 N–H and O–H groups in total. The van der Waals surface area contributed by atoms with Gasteiger partial charge >= 0.3 is 0 Å². The maximum atomic E-state index is 12.4. The molecule has 6 heteroatoms. The summed E-state index contributed by atoms with van der Waals surface area (Å²) in [6.07, 6.45) is 3.16. The van der Waals surface area contributed by atoms with Crippen molar-refractivity contribution >= 4 is 17.3 Å². The first-order valence-electron chi connectivity index (χ1n) is 8.33. The minimum atomic E-state index is 0.0591. The lowest BCUT2D eigenvalue weighted by molar-refractivity contribution is 0.242. The summed E-state index contributed by atoms with van der Waals surface area (Å²) >= 11 is 1.81. The van der Waals surface area contributed by atoms with Crippen molar-refractivity contribution in [2.75, 3.05) is 24.5 Å². The van der Waals surface area contributed by atoms with Gasteiger partial charge in [0.15, 0.2) is 0 Å². The number of hydrogen-bond donors (Lipinski definition) is 1. The van der Waals surface area contributed by atoms with E-state index >= 15 is 0 Å². The number of nitrogens with zero attached hydrogens (tertiary/aromatic N) is 3. The molecule has 1 saturated heterocycles. The fourth-order valence-electron chi connectivity index (χ4n) is 3.46. The van der Waals surface area contributed by atoms with Crippen LogP contribution in [0.3, 0.4) is 0 Å². The van der Waals surface area contributed by atoms with Crippen LogP contribution in [0.4, 0.5) is 5.95 Å². The smallest absolute Gasteiger partial charge is 0.255 e. The molecule has 2 aromatic rings. The second-order valence-corrected chi connectivity index (χ2v) is 7.50. The fourth-order valence-corrected chi connectivity index (χ4v) is 4.41. The predicted octanol–water partition coefficient (Wildman–Crippen LogP) is 2.30. The molecule has 0 amide bonds. The second-order valence-electron chi connectivity index (χ2n) is 6.50. The van der Waals surface area contributed by atoms with Crippen LogP contribution in [0.1, 0.15) is 34.5 Å². The first kappa shape index (κ1) is 14.9. The molecule has 122 valence electrons. The quantitative estimate of drug-likeness (QED) is 0.938. The molecule has 1 fully saturated rings. The number of H-pyrrole nitrogens is 1. The number of nitrogens with one attached hydrogen (secondary N) is 1. The number of anilines is 1. The maximum absolute atomic E-state index is 12.4. The second kappa shape index (κ2) is 6.09. The number of thiophene rings is 1. The van der Waals surface area contributed by atoms with E-state index in [-0.39, 0.29) is 5.56 Å². The molecular weight excluding hydrogens is 308 g/mol. The number of hydrogen-bond acceptors (Lipinski definition) is 5. The van der Waals surface area contributed by atoms with Gasteiger partial charge in [-0.05, 0) is 43.2 Å². The molecule has 0 aromatic carbocycles. The zero-order chi connectivity index (χ0) is 15.8. The molecule has 0 saturated carbocycles. The van der Waals surface area contributed by atoms with Crippen LogP contribution in [0.5, 0.6) is 0 Å². The Bertz CT molecular complexity index is 760. The van der Waals surface area contributed by atoms with E-state index in [9.17, 15) is 4.79 Å². The van der Waals surface area contributed by atoms with E-state index < -0.39 is 0 Å². The summed E-state index contributed by atoms with van der Waals surface area (Å²) in [6.45, 7) is 6.82. The van der Waals surface area contributed by atoms with Crippen molar-refractivity contribution in [3.63, 3.8) is 0 Å². The zero-order valence-corrected chi connectivity index (χ0v) is 14.3. The van der Waals surface area contributed by atoms with Gasteiger partial charge in [0.05, 0.1) is 5.69 Å². The summed E-state index contributed by atoms with van der Waals surface area (Å²) in [4.78, 5) is 26.2. The Hall–Kier alpha value is -1.66. The molecule has 0 unspecified atom stereocenters. The van der Waals surface area contributed by atoms with E-state index in [0.29, 0.717) is 0 Å². The molecule has 0 bridgehead atoms. The van der Waals surface area contributed by atoms with Gasteiger partial charge in [0, 0.05) is 43.2 Å². The van der Waals surface area contributed by atoms with Crippen molar-refractivity contribution in [1.82, 2.24) is 14.9 Å². The summed E-state index contributed by atoms with van der Waals surface area (Å²) < 4.78 is 0. The van der Waals surface area contributed by atoms with Gasteiger partial charge in [0.2, 0.25) is 5.95 Å². The van der Waals surface area contributed by atoms with Crippen LogP contribution in [0.25, 0.3) is 0 Å². The van der Waals surface area contributed by atoms with E-state index in [4.69, 9.17) is 4.98 Å². The SMILES string of the molecule is Cc1ccsc1CN1CCc2c(nc(N3CCCC3)[nH]c2=O)C1. The molecule has 0 radical (unpaired) electrons. The maximum Gasteiger partial charge on any atom is 0.255 e. The average Bonchev–Trinajstić information content (AvgIpc) is 3.20. The summed E-state index contributed by atoms with van der Waals surface area (Å²) in [5, 5.41) is 2.15. The molecule has 4 heterocycles. The van der Waals surface area contributed by atoms with Crippen LogP contribution in [-0.2, 0) is 19.5 Å². The molecule has 2 aliphatic rings. The normalized spacial score (nSPS) is 18.4. The van der Waals surface area contributed by atoms with E-state index in [2.05, 4.69) is 33.2 Å². The molecule has 0 spiro atoms. The van der Waals surface area contributed by atoms with Gasteiger partial charge in [-0.1, -0.05) is 0 Å². The molecular formula is C17H22N4OS. The Kier molecular flexibility index (Phi) is 3.95. The number of aromatic amines is 1. The highest BCUT2D eigenvalue weighted by molar-refractivity contribution is 7.10. The first-order chi connectivity index (χ1) is 11.2. The Morgan fingerprint density at radius 3 is 2.87 bits per heavy atom. The van der Waals surface area contributed by atoms with E-state index in [1.165, 1.54) is 23.3 Å². The standard InChI is InChI=1S/C17H22N4OS/c1-12-5-9-23-15(12)11-20-8-4-13-14(10-20)18-17(19-16(13)22)21-6-2-3-7-21/h5,9H,2-4,6-8,10-11H2,1H3,(H,18,19,22). The summed E-state index contributed by atoms with van der Waals surface area (Å²) in [7, 11) is 0. The number of aromatic nitrogens is 2. The topological polar surface area (TPSA) is 52.2 Å². The third-order valence-corrected chi connectivity index (χ3v) is 5.89. The molecule has 2 aliphatic heterocycles. The molecule has 23 heavy (non-hydrogen) atoms. The molecule has 2 aromatic heterocycles. The Labute approximate surface area is 140 Å². The van der Waals surface area contributed by atoms with Crippen molar-refractivity contribution in [3.8, 4) is 0 Å². The molecule has 0 aliphatic carbocycles. The number of aryl methyl sites for hydroxylation is 1. The highest BCUT2D eigenvalue weighted by atomic mass is 32.1. The van der Waals surface area contributed by atoms with Crippen LogP contribution in [0.2, 0.25) is 0 Å². The highest BCUT2D eigenvalue weighted by Gasteiger charge is 2.23. The predicted molar refractivity (Wildman–Crippen MR) is 93.2 cm³/mol. The van der Waals surface area contributed by atoms with Gasteiger partial charge in [0.1, 0.15) is 0 Å². The van der Waals surface area contributed by atoms with Crippen LogP contribution in [0.15, 0.2) is 16.2 Å². The Morgan fingerprint density at radius 1 is 1.30 bits per heavy atom. The third-order valence-electron chi connectivity index (χ3n) is 4.88. The summed E-state index contributed by atoms with van der Waals surface area (Å²) in [5.74, 6) is 0.764. The first-order valence-corrected chi connectivity index (χ1v) is 9.21. The van der Waals surface area contributed by atoms with Gasteiger partial charge in [-0.25, -0.2) is 4.98 Å². The molecule has 4 rings (SSSR count). The van der Waals surface area contributed by atoms with Gasteiger partial charge < -0.3 is 4.90 Å². The van der Waals surface area contributed by atoms with Crippen molar-refractivity contribution < 1.29 is 0 Å². The van der Waals surface area contributed by atoms with Crippen molar-refractivity contribution in [3.05, 3.63) is 43.5 Å². The monoisotopic (exact) mass is 330 g/mol. The number of fused-ring (bicyclic) bond motifs is 1. The minimum absolute atomic E-state index is 0.0591. The zero-order valence-electron chi connectivity index (χ0n) is 13.5. The van der Waals surface area contributed by atoms with Crippen LogP contribution < -0.4 is 10.5 Å². The lowest BCUT2D eigenvalue weighted by Gasteiger charge is -2.28. The summed E-state index contributed by atoms with van der Waals surface area (Å²) in [6, 6.07) is 2.17. The van der Waals surface area contributed by atoms with Gasteiger partial charge in [-0.3, -0.25) is 14.7 Å². The highest BCUT2D eigenvalue weighted by Crippen LogP contribution is 2.23. The average molecular weight is 330 g/mol. The van der Waals surface area contributed by atoms with Crippen LogP contribution >= 0.6 is 11.3 Å². The van der Waals surface area contributed by atoms with Gasteiger partial charge in [-0.2, -0.15) is 0 Å². The van der Waals surface area contributed by atoms with Gasteiger partial charge in [0.25, 0.3) is 5.56 Å². The largest absolute Gasteiger partial charge is 0.342 e. The fraction of sp³-hybridized carbons (Fsp3) is 0.529. The minimum Gasteiger partial charge on any atom is -0.342 e. The van der Waals surface area contributed by atoms with Gasteiger partial charge in [-0.15, -0.1) is 11.3 Å².